The molecule has 2 amide bonds. The third-order valence-electron chi connectivity index (χ3n) is 2.78. The van der Waals surface area contributed by atoms with Crippen molar-refractivity contribution < 1.29 is 14.3 Å². The molecule has 1 aliphatic rings. The molecule has 1 heterocycles. The van der Waals surface area contributed by atoms with E-state index in [1.54, 1.807) is 26.1 Å². The van der Waals surface area contributed by atoms with Crippen molar-refractivity contribution in [3.05, 3.63) is 18.2 Å². The number of benzene rings is 1. The van der Waals surface area contributed by atoms with Crippen LogP contribution >= 0.6 is 0 Å². The van der Waals surface area contributed by atoms with Gasteiger partial charge in [-0.25, -0.2) is 4.90 Å². The Morgan fingerprint density at radius 2 is 2.28 bits per heavy atom. The summed E-state index contributed by atoms with van der Waals surface area (Å²) in [4.78, 5) is 24.9. The van der Waals surface area contributed by atoms with Crippen LogP contribution in [0, 0.1) is 0 Å². The Morgan fingerprint density at radius 1 is 1.56 bits per heavy atom. The zero-order valence-corrected chi connectivity index (χ0v) is 10.3. The van der Waals surface area contributed by atoms with Crippen LogP contribution in [-0.4, -0.2) is 31.5 Å². The first kappa shape index (κ1) is 12.4. The van der Waals surface area contributed by atoms with Crippen molar-refractivity contribution in [1.29, 1.82) is 0 Å². The summed E-state index contributed by atoms with van der Waals surface area (Å²) in [6, 6.07) is 5.22. The van der Waals surface area contributed by atoms with Crippen LogP contribution in [0.25, 0.3) is 0 Å². The van der Waals surface area contributed by atoms with Crippen molar-refractivity contribution >= 4 is 23.2 Å². The lowest BCUT2D eigenvalue weighted by molar-refractivity contribution is -0.130. The maximum atomic E-state index is 12.0. The predicted molar refractivity (Wildman–Crippen MR) is 67.6 cm³/mol. The minimum absolute atomic E-state index is 0.221. The van der Waals surface area contributed by atoms with Gasteiger partial charge in [0.25, 0.3) is 5.91 Å². The molecule has 0 saturated carbocycles. The molecule has 1 aliphatic heterocycles. The first-order valence-electron chi connectivity index (χ1n) is 5.63. The van der Waals surface area contributed by atoms with Gasteiger partial charge in [-0.3, -0.25) is 9.59 Å². The fourth-order valence-corrected chi connectivity index (χ4v) is 1.84. The van der Waals surface area contributed by atoms with E-state index >= 15 is 0 Å². The first-order chi connectivity index (χ1) is 8.58. The number of fused-ring (bicyclic) bond motifs is 1. The molecule has 0 saturated heterocycles. The van der Waals surface area contributed by atoms with E-state index in [4.69, 9.17) is 10.5 Å². The lowest BCUT2D eigenvalue weighted by Crippen LogP contribution is -2.49. The highest BCUT2D eigenvalue weighted by molar-refractivity contribution is 6.18. The summed E-state index contributed by atoms with van der Waals surface area (Å²) in [6.07, 6.45) is -0.687. The molecule has 0 spiro atoms. The van der Waals surface area contributed by atoms with Gasteiger partial charge in [-0.05, 0) is 25.1 Å². The Labute approximate surface area is 105 Å². The molecule has 1 aromatic rings. The number of carbonyl (C=O) groups is 2. The van der Waals surface area contributed by atoms with Gasteiger partial charge in [0.05, 0.1) is 12.2 Å². The average molecular weight is 249 g/mol. The molecule has 2 rings (SSSR count). The molecule has 6 nitrogen and oxygen atoms in total. The second kappa shape index (κ2) is 4.66. The Morgan fingerprint density at radius 3 is 2.89 bits per heavy atom. The van der Waals surface area contributed by atoms with E-state index in [9.17, 15) is 9.59 Å². The molecule has 0 bridgehead atoms. The Hall–Kier alpha value is -2.08. The third kappa shape index (κ3) is 1.91. The molecule has 0 aliphatic carbocycles. The summed E-state index contributed by atoms with van der Waals surface area (Å²) in [5.74, 6) is -0.334. The van der Waals surface area contributed by atoms with Gasteiger partial charge in [0.2, 0.25) is 5.91 Å². The lowest BCUT2D eigenvalue weighted by atomic mass is 10.1. The second-order valence-corrected chi connectivity index (χ2v) is 3.96. The molecular formula is C12H15N3O3. The van der Waals surface area contributed by atoms with Crippen molar-refractivity contribution in [2.75, 3.05) is 23.8 Å². The van der Waals surface area contributed by atoms with Gasteiger partial charge < -0.3 is 15.8 Å². The highest BCUT2D eigenvalue weighted by Gasteiger charge is 2.35. The first-order valence-corrected chi connectivity index (χ1v) is 5.63. The van der Waals surface area contributed by atoms with Crippen LogP contribution in [0.2, 0.25) is 0 Å². The average Bonchev–Trinajstić information content (AvgIpc) is 2.39. The van der Waals surface area contributed by atoms with Crippen LogP contribution in [0.4, 0.5) is 11.4 Å². The van der Waals surface area contributed by atoms with Crippen molar-refractivity contribution in [2.24, 2.45) is 5.73 Å². The molecule has 3 N–H and O–H groups in total. The van der Waals surface area contributed by atoms with Crippen molar-refractivity contribution in [3.63, 3.8) is 0 Å². The number of hydrogen-bond donors (Lipinski definition) is 2. The summed E-state index contributed by atoms with van der Waals surface area (Å²) >= 11 is 0. The smallest absolute Gasteiger partial charge is 0.274 e. The molecule has 1 atom stereocenters. The summed E-state index contributed by atoms with van der Waals surface area (Å²) in [6.45, 7) is 1.38. The van der Waals surface area contributed by atoms with Crippen LogP contribution in [0.1, 0.15) is 6.92 Å². The number of nitrogens with one attached hydrogen (secondary N) is 1. The fourth-order valence-electron chi connectivity index (χ4n) is 1.84. The largest absolute Gasteiger partial charge is 0.479 e. The minimum atomic E-state index is -0.687. The topological polar surface area (TPSA) is 84.7 Å². The molecule has 1 aromatic carbocycles. The number of rotatable bonds is 2. The van der Waals surface area contributed by atoms with Gasteiger partial charge in [-0.1, -0.05) is 0 Å². The van der Waals surface area contributed by atoms with Crippen LogP contribution < -0.4 is 20.7 Å². The molecule has 96 valence electrons. The number of anilines is 2. The van der Waals surface area contributed by atoms with E-state index in [1.807, 2.05) is 6.07 Å². The van der Waals surface area contributed by atoms with Crippen molar-refractivity contribution in [1.82, 2.24) is 0 Å². The van der Waals surface area contributed by atoms with Gasteiger partial charge in [0.1, 0.15) is 5.75 Å². The maximum Gasteiger partial charge on any atom is 0.274 e. The van der Waals surface area contributed by atoms with E-state index in [-0.39, 0.29) is 6.54 Å². The van der Waals surface area contributed by atoms with Crippen LogP contribution in [0.3, 0.4) is 0 Å². The molecule has 0 aromatic heterocycles. The summed E-state index contributed by atoms with van der Waals surface area (Å²) < 4.78 is 5.46. The lowest BCUT2D eigenvalue weighted by Gasteiger charge is -2.31. The van der Waals surface area contributed by atoms with Gasteiger partial charge in [-0.2, -0.15) is 0 Å². The van der Waals surface area contributed by atoms with Crippen LogP contribution in [0.15, 0.2) is 18.2 Å². The van der Waals surface area contributed by atoms with Crippen molar-refractivity contribution in [2.45, 2.75) is 13.0 Å². The number of hydrogen-bond acceptors (Lipinski definition) is 5. The number of nitrogens with zero attached hydrogens (tertiary/aromatic N) is 1. The van der Waals surface area contributed by atoms with Crippen LogP contribution in [0.5, 0.6) is 5.75 Å². The molecular weight excluding hydrogens is 234 g/mol. The van der Waals surface area contributed by atoms with Crippen molar-refractivity contribution in [3.8, 4) is 5.75 Å². The zero-order valence-electron chi connectivity index (χ0n) is 10.3. The summed E-state index contributed by atoms with van der Waals surface area (Å²) in [5, 5.41) is 2.94. The van der Waals surface area contributed by atoms with E-state index < -0.39 is 17.9 Å². The van der Waals surface area contributed by atoms with E-state index in [1.165, 1.54) is 0 Å². The van der Waals surface area contributed by atoms with Gasteiger partial charge >= 0.3 is 0 Å². The van der Waals surface area contributed by atoms with Gasteiger partial charge in [0, 0.05) is 12.7 Å². The zero-order chi connectivity index (χ0) is 13.3. The number of nitrogens with two attached hydrogens (primary N) is 1. The molecule has 1 unspecified atom stereocenters. The fraction of sp³-hybridized carbons (Fsp3) is 0.333. The number of carbonyl (C=O) groups excluding carboxylic acids is 2. The number of imide groups is 1. The van der Waals surface area contributed by atoms with Crippen LogP contribution in [-0.2, 0) is 9.59 Å². The minimum Gasteiger partial charge on any atom is -0.479 e. The Balaban J connectivity index is 2.53. The Kier molecular flexibility index (Phi) is 3.20. The molecule has 0 radical (unpaired) electrons. The highest BCUT2D eigenvalue weighted by atomic mass is 16.5. The number of amides is 2. The normalized spacial score (nSPS) is 18.1. The van der Waals surface area contributed by atoms with E-state index in [2.05, 4.69) is 5.32 Å². The Bertz CT molecular complexity index is 501. The van der Waals surface area contributed by atoms with E-state index in [0.29, 0.717) is 11.4 Å². The third-order valence-corrected chi connectivity index (χ3v) is 2.78. The quantitative estimate of drug-likeness (QED) is 0.789. The number of ether oxygens (including phenoxy) is 1. The maximum absolute atomic E-state index is 12.0. The summed E-state index contributed by atoms with van der Waals surface area (Å²) in [5.41, 5.74) is 6.56. The second-order valence-electron chi connectivity index (χ2n) is 3.96. The van der Waals surface area contributed by atoms with Gasteiger partial charge in [0.15, 0.2) is 6.10 Å². The SMILES string of the molecule is CNc1ccc2c(c1)N(C(=O)CN)C(=O)C(C)O2. The molecule has 6 heteroatoms. The predicted octanol–water partition coefficient (Wildman–Crippen LogP) is 0.328. The van der Waals surface area contributed by atoms with E-state index in [0.717, 1.165) is 10.6 Å². The molecule has 18 heavy (non-hydrogen) atoms. The molecule has 0 fully saturated rings. The highest BCUT2D eigenvalue weighted by Crippen LogP contribution is 2.36. The summed E-state index contributed by atoms with van der Waals surface area (Å²) in [7, 11) is 1.75. The van der Waals surface area contributed by atoms with Gasteiger partial charge in [-0.15, -0.1) is 0 Å². The standard InChI is InChI=1S/C12H15N3O3/c1-7-12(17)15(11(16)6-13)9-5-8(14-2)3-4-10(9)18-7/h3-5,7,14H,6,13H2,1-2H3. The monoisotopic (exact) mass is 249 g/mol.